The van der Waals surface area contributed by atoms with E-state index in [9.17, 15) is 4.39 Å². The maximum Gasteiger partial charge on any atom is 0.166 e. The van der Waals surface area contributed by atoms with E-state index in [0.717, 1.165) is 6.42 Å². The van der Waals surface area contributed by atoms with Crippen molar-refractivity contribution in [3.8, 4) is 0 Å². The van der Waals surface area contributed by atoms with Gasteiger partial charge in [-0.3, -0.25) is 0 Å². The molecule has 0 amide bonds. The largest absolute Gasteiger partial charge is 0.368 e. The first-order chi connectivity index (χ1) is 6.59. The van der Waals surface area contributed by atoms with Gasteiger partial charge in [-0.25, -0.2) is 9.37 Å². The van der Waals surface area contributed by atoms with Gasteiger partial charge in [0.2, 0.25) is 0 Å². The fourth-order valence-electron chi connectivity index (χ4n) is 0.963. The van der Waals surface area contributed by atoms with Crippen LogP contribution in [0, 0.1) is 5.82 Å². The molecule has 0 spiro atoms. The molecule has 3 N–H and O–H groups in total. The second-order valence-corrected chi connectivity index (χ2v) is 4.09. The summed E-state index contributed by atoms with van der Waals surface area (Å²) in [4.78, 5) is 3.90. The quantitative estimate of drug-likeness (QED) is 0.873. The van der Waals surface area contributed by atoms with Crippen molar-refractivity contribution >= 4 is 21.7 Å². The van der Waals surface area contributed by atoms with Gasteiger partial charge in [-0.1, -0.05) is 0 Å². The molecule has 3 nitrogen and oxygen atoms in total. The van der Waals surface area contributed by atoms with Gasteiger partial charge in [-0.15, -0.1) is 0 Å². The molecule has 0 saturated heterocycles. The molecule has 1 heterocycles. The molecule has 1 aromatic rings. The summed E-state index contributed by atoms with van der Waals surface area (Å²) in [6.07, 6.45) is 2.34. The van der Waals surface area contributed by atoms with Crippen LogP contribution in [0.3, 0.4) is 0 Å². The molecule has 0 aliphatic heterocycles. The van der Waals surface area contributed by atoms with Gasteiger partial charge >= 0.3 is 0 Å². The van der Waals surface area contributed by atoms with E-state index in [0.29, 0.717) is 11.0 Å². The van der Waals surface area contributed by atoms with Crippen molar-refractivity contribution in [2.45, 2.75) is 19.4 Å². The van der Waals surface area contributed by atoms with Crippen LogP contribution in [0.15, 0.2) is 16.7 Å². The number of rotatable bonds is 4. The molecule has 0 aliphatic carbocycles. The minimum Gasteiger partial charge on any atom is -0.368 e. The topological polar surface area (TPSA) is 50.9 Å². The minimum absolute atomic E-state index is 0.112. The zero-order valence-electron chi connectivity index (χ0n) is 7.93. The number of hydrogen-bond donors (Lipinski definition) is 2. The Hall–Kier alpha value is -0.680. The second-order valence-electron chi connectivity index (χ2n) is 3.18. The first-order valence-corrected chi connectivity index (χ1v) is 5.19. The predicted octanol–water partition coefficient (Wildman–Crippen LogP) is 2.13. The van der Waals surface area contributed by atoms with Crippen LogP contribution >= 0.6 is 15.9 Å². The van der Waals surface area contributed by atoms with E-state index < -0.39 is 0 Å². The fraction of sp³-hybridized carbons (Fsp3) is 0.444. The van der Waals surface area contributed by atoms with Gasteiger partial charge in [0.1, 0.15) is 0 Å². The molecule has 1 aromatic heterocycles. The summed E-state index contributed by atoms with van der Waals surface area (Å²) in [6.45, 7) is 2.54. The zero-order chi connectivity index (χ0) is 10.6. The summed E-state index contributed by atoms with van der Waals surface area (Å²) in [6, 6.07) is 1.49. The molecule has 1 rings (SSSR count). The van der Waals surface area contributed by atoms with Crippen molar-refractivity contribution in [2.24, 2.45) is 5.73 Å². The minimum atomic E-state index is -0.357. The summed E-state index contributed by atoms with van der Waals surface area (Å²) in [5.41, 5.74) is 5.56. The standard InChI is InChI=1S/C9H13BrFN3/c1-6(12)2-3-13-9-8(11)4-7(10)5-14-9/h4-6H,2-3,12H2,1H3,(H,13,14). The second kappa shape index (κ2) is 5.26. The summed E-state index contributed by atoms with van der Waals surface area (Å²) < 4.78 is 13.8. The number of halogens is 2. The molecule has 5 heteroatoms. The predicted molar refractivity (Wildman–Crippen MR) is 58.7 cm³/mol. The molecular weight excluding hydrogens is 249 g/mol. The molecule has 0 aromatic carbocycles. The van der Waals surface area contributed by atoms with E-state index in [2.05, 4.69) is 26.2 Å². The lowest BCUT2D eigenvalue weighted by atomic mass is 10.2. The summed E-state index contributed by atoms with van der Waals surface area (Å²) >= 11 is 3.14. The molecule has 0 bridgehead atoms. The first-order valence-electron chi connectivity index (χ1n) is 4.40. The summed E-state index contributed by atoms with van der Waals surface area (Å²) in [5.74, 6) is -0.0853. The average molecular weight is 262 g/mol. The lowest BCUT2D eigenvalue weighted by molar-refractivity contribution is 0.619. The fourth-order valence-corrected chi connectivity index (χ4v) is 1.27. The molecule has 0 saturated carbocycles. The van der Waals surface area contributed by atoms with Crippen molar-refractivity contribution in [2.75, 3.05) is 11.9 Å². The summed E-state index contributed by atoms with van der Waals surface area (Å²) in [7, 11) is 0. The number of hydrogen-bond acceptors (Lipinski definition) is 3. The Morgan fingerprint density at radius 2 is 2.43 bits per heavy atom. The molecule has 1 atom stereocenters. The van der Waals surface area contributed by atoms with Crippen LogP contribution in [-0.2, 0) is 0 Å². The first kappa shape index (κ1) is 11.4. The van der Waals surface area contributed by atoms with Crippen molar-refractivity contribution in [3.05, 3.63) is 22.6 Å². The van der Waals surface area contributed by atoms with Crippen LogP contribution in [0.4, 0.5) is 10.2 Å². The monoisotopic (exact) mass is 261 g/mol. The smallest absolute Gasteiger partial charge is 0.166 e. The molecule has 0 radical (unpaired) electrons. The highest BCUT2D eigenvalue weighted by Gasteiger charge is 2.03. The van der Waals surface area contributed by atoms with E-state index >= 15 is 0 Å². The van der Waals surface area contributed by atoms with E-state index in [1.807, 2.05) is 6.92 Å². The lowest BCUT2D eigenvalue weighted by Gasteiger charge is -2.08. The van der Waals surface area contributed by atoms with E-state index in [1.165, 1.54) is 6.07 Å². The Kier molecular flexibility index (Phi) is 4.28. The summed E-state index contributed by atoms with van der Waals surface area (Å²) in [5, 5.41) is 2.88. The van der Waals surface area contributed by atoms with Crippen LogP contribution in [0.5, 0.6) is 0 Å². The maximum absolute atomic E-state index is 13.2. The van der Waals surface area contributed by atoms with Crippen molar-refractivity contribution < 1.29 is 4.39 Å². The number of pyridine rings is 1. The average Bonchev–Trinajstić information content (AvgIpc) is 2.08. The number of anilines is 1. The molecule has 0 aliphatic rings. The Morgan fingerprint density at radius 1 is 1.71 bits per heavy atom. The lowest BCUT2D eigenvalue weighted by Crippen LogP contribution is -2.19. The highest BCUT2D eigenvalue weighted by Crippen LogP contribution is 2.15. The van der Waals surface area contributed by atoms with Gasteiger partial charge in [0.15, 0.2) is 11.6 Å². The Labute approximate surface area is 91.0 Å². The van der Waals surface area contributed by atoms with Crippen LogP contribution in [0.1, 0.15) is 13.3 Å². The highest BCUT2D eigenvalue weighted by molar-refractivity contribution is 9.10. The molecular formula is C9H13BrFN3. The Bertz CT molecular complexity index is 304. The van der Waals surface area contributed by atoms with Gasteiger partial charge in [0.05, 0.1) is 0 Å². The van der Waals surface area contributed by atoms with Gasteiger partial charge in [0, 0.05) is 23.3 Å². The third-order valence-electron chi connectivity index (χ3n) is 1.70. The van der Waals surface area contributed by atoms with Crippen molar-refractivity contribution in [1.29, 1.82) is 0 Å². The van der Waals surface area contributed by atoms with E-state index in [1.54, 1.807) is 6.20 Å². The normalized spacial score (nSPS) is 12.6. The zero-order valence-corrected chi connectivity index (χ0v) is 9.51. The van der Waals surface area contributed by atoms with Gasteiger partial charge in [0.25, 0.3) is 0 Å². The SMILES string of the molecule is CC(N)CCNc1ncc(Br)cc1F. The third-order valence-corrected chi connectivity index (χ3v) is 2.13. The molecule has 14 heavy (non-hydrogen) atoms. The number of aromatic nitrogens is 1. The van der Waals surface area contributed by atoms with E-state index in [-0.39, 0.29) is 17.7 Å². The van der Waals surface area contributed by atoms with Crippen LogP contribution in [-0.4, -0.2) is 17.6 Å². The van der Waals surface area contributed by atoms with Crippen molar-refractivity contribution in [1.82, 2.24) is 4.98 Å². The third kappa shape index (κ3) is 3.59. The van der Waals surface area contributed by atoms with Crippen LogP contribution in [0.25, 0.3) is 0 Å². The van der Waals surface area contributed by atoms with Gasteiger partial charge in [-0.2, -0.15) is 0 Å². The van der Waals surface area contributed by atoms with Gasteiger partial charge in [-0.05, 0) is 35.3 Å². The number of nitrogens with one attached hydrogen (secondary N) is 1. The molecule has 1 unspecified atom stereocenters. The van der Waals surface area contributed by atoms with Gasteiger partial charge < -0.3 is 11.1 Å². The number of nitrogens with zero attached hydrogens (tertiary/aromatic N) is 1. The molecule has 0 fully saturated rings. The number of nitrogens with two attached hydrogens (primary N) is 1. The molecule has 78 valence electrons. The maximum atomic E-state index is 13.2. The highest BCUT2D eigenvalue weighted by atomic mass is 79.9. The van der Waals surface area contributed by atoms with Crippen molar-refractivity contribution in [3.63, 3.8) is 0 Å². The van der Waals surface area contributed by atoms with Crippen LogP contribution < -0.4 is 11.1 Å². The Morgan fingerprint density at radius 3 is 3.00 bits per heavy atom. The van der Waals surface area contributed by atoms with Crippen LogP contribution in [0.2, 0.25) is 0 Å². The van der Waals surface area contributed by atoms with E-state index in [4.69, 9.17) is 5.73 Å². The Balaban J connectivity index is 2.51.